The predicted octanol–water partition coefficient (Wildman–Crippen LogP) is 2.56. The molecule has 0 fully saturated rings. The molecular formula is C16H16N4OS. The van der Waals surface area contributed by atoms with Gasteiger partial charge in [0.15, 0.2) is 5.13 Å². The number of fused-ring (bicyclic) bond motifs is 2. The number of rotatable bonds is 1. The maximum atomic E-state index is 12.0. The van der Waals surface area contributed by atoms with Crippen molar-refractivity contribution in [2.45, 2.75) is 26.8 Å². The lowest BCUT2D eigenvalue weighted by Crippen LogP contribution is -2.35. The second kappa shape index (κ2) is 4.91. The van der Waals surface area contributed by atoms with Crippen molar-refractivity contribution in [1.29, 1.82) is 0 Å². The number of nitrogens with zero attached hydrogens (tertiary/aromatic N) is 3. The minimum atomic E-state index is -0.0387. The van der Waals surface area contributed by atoms with Crippen LogP contribution >= 0.6 is 11.3 Å². The van der Waals surface area contributed by atoms with Crippen LogP contribution in [0.1, 0.15) is 22.4 Å². The van der Waals surface area contributed by atoms with Crippen LogP contribution in [0.25, 0.3) is 10.2 Å². The van der Waals surface area contributed by atoms with Gasteiger partial charge in [0.05, 0.1) is 34.3 Å². The quantitative estimate of drug-likeness (QED) is 0.750. The van der Waals surface area contributed by atoms with Crippen molar-refractivity contribution in [3.63, 3.8) is 0 Å². The standard InChI is InChI=1S/C16H16N4OS/c1-9-3-4-10(2)14-13(9)19-16(22-14)20-6-5-12-11(7-20)15(21)18-8-17-12/h3-4,8H,5-7H2,1-2H3,(H,17,18,21). The molecule has 1 aliphatic rings. The number of hydrogen-bond donors (Lipinski definition) is 1. The number of benzene rings is 1. The molecule has 1 aromatic carbocycles. The third-order valence-corrected chi connectivity index (χ3v) is 5.46. The lowest BCUT2D eigenvalue weighted by molar-refractivity contribution is 0.696. The summed E-state index contributed by atoms with van der Waals surface area (Å²) >= 11 is 1.71. The molecule has 1 aliphatic heterocycles. The summed E-state index contributed by atoms with van der Waals surface area (Å²) in [6.07, 6.45) is 2.27. The summed E-state index contributed by atoms with van der Waals surface area (Å²) in [5, 5.41) is 0.987. The fraction of sp³-hybridized carbons (Fsp3) is 0.312. The number of thiazole rings is 1. The van der Waals surface area contributed by atoms with Crippen LogP contribution in [0.4, 0.5) is 5.13 Å². The second-order valence-corrected chi connectivity index (χ2v) is 6.68. The van der Waals surface area contributed by atoms with Gasteiger partial charge in [0.1, 0.15) is 0 Å². The van der Waals surface area contributed by atoms with E-state index in [4.69, 9.17) is 4.98 Å². The Morgan fingerprint density at radius 2 is 2.09 bits per heavy atom. The Morgan fingerprint density at radius 3 is 2.91 bits per heavy atom. The number of aromatic amines is 1. The van der Waals surface area contributed by atoms with Gasteiger partial charge in [-0.25, -0.2) is 9.97 Å². The van der Waals surface area contributed by atoms with Crippen LogP contribution in [-0.4, -0.2) is 21.5 Å². The minimum Gasteiger partial charge on any atom is -0.343 e. The van der Waals surface area contributed by atoms with E-state index in [2.05, 4.69) is 40.8 Å². The third-order valence-electron chi connectivity index (χ3n) is 4.21. The molecule has 0 radical (unpaired) electrons. The Bertz CT molecular complexity index is 889. The van der Waals surface area contributed by atoms with Gasteiger partial charge in [-0.15, -0.1) is 0 Å². The molecule has 3 aromatic rings. The second-order valence-electron chi connectivity index (χ2n) is 5.70. The maximum Gasteiger partial charge on any atom is 0.255 e. The van der Waals surface area contributed by atoms with Gasteiger partial charge >= 0.3 is 0 Å². The number of H-pyrrole nitrogens is 1. The van der Waals surface area contributed by atoms with Crippen molar-refractivity contribution in [3.05, 3.63) is 51.2 Å². The SMILES string of the molecule is Cc1ccc(C)c2sc(N3CCc4nc[nH]c(=O)c4C3)nc12. The van der Waals surface area contributed by atoms with E-state index >= 15 is 0 Å². The monoisotopic (exact) mass is 312 g/mol. The Morgan fingerprint density at radius 1 is 1.27 bits per heavy atom. The van der Waals surface area contributed by atoms with Crippen molar-refractivity contribution >= 4 is 26.7 Å². The first kappa shape index (κ1) is 13.5. The summed E-state index contributed by atoms with van der Waals surface area (Å²) in [5.41, 5.74) is 5.16. The molecule has 2 aromatic heterocycles. The Hall–Kier alpha value is -2.21. The lowest BCUT2D eigenvalue weighted by atomic mass is 10.1. The van der Waals surface area contributed by atoms with E-state index in [1.165, 1.54) is 22.2 Å². The van der Waals surface area contributed by atoms with Crippen LogP contribution in [0, 0.1) is 13.8 Å². The lowest BCUT2D eigenvalue weighted by Gasteiger charge is -2.26. The number of aromatic nitrogens is 3. The average molecular weight is 312 g/mol. The largest absolute Gasteiger partial charge is 0.343 e. The molecule has 0 spiro atoms. The minimum absolute atomic E-state index is 0.0387. The molecule has 0 saturated heterocycles. The fourth-order valence-corrected chi connectivity index (χ4v) is 4.04. The zero-order valence-corrected chi connectivity index (χ0v) is 13.3. The van der Waals surface area contributed by atoms with Gasteiger partial charge in [0.25, 0.3) is 5.56 Å². The molecule has 112 valence electrons. The Kier molecular flexibility index (Phi) is 3.00. The Balaban J connectivity index is 1.78. The molecule has 0 aliphatic carbocycles. The summed E-state index contributed by atoms with van der Waals surface area (Å²) < 4.78 is 1.24. The maximum absolute atomic E-state index is 12.0. The molecule has 4 rings (SSSR count). The van der Waals surface area contributed by atoms with Gasteiger partial charge in [-0.1, -0.05) is 23.5 Å². The average Bonchev–Trinajstić information content (AvgIpc) is 2.98. The highest BCUT2D eigenvalue weighted by Gasteiger charge is 2.22. The summed E-state index contributed by atoms with van der Waals surface area (Å²) in [7, 11) is 0. The summed E-state index contributed by atoms with van der Waals surface area (Å²) in [6, 6.07) is 4.25. The smallest absolute Gasteiger partial charge is 0.255 e. The predicted molar refractivity (Wildman–Crippen MR) is 88.7 cm³/mol. The first-order valence-electron chi connectivity index (χ1n) is 7.30. The normalized spacial score (nSPS) is 14.4. The van der Waals surface area contributed by atoms with Crippen LogP contribution in [0.2, 0.25) is 0 Å². The Labute approximate surface area is 131 Å². The zero-order valence-electron chi connectivity index (χ0n) is 12.5. The first-order valence-corrected chi connectivity index (χ1v) is 8.12. The zero-order chi connectivity index (χ0) is 15.3. The molecular weight excluding hydrogens is 296 g/mol. The number of anilines is 1. The molecule has 3 heterocycles. The van der Waals surface area contributed by atoms with E-state index in [-0.39, 0.29) is 5.56 Å². The van der Waals surface area contributed by atoms with Crippen molar-refractivity contribution in [2.75, 3.05) is 11.4 Å². The van der Waals surface area contributed by atoms with Gasteiger partial charge in [-0.2, -0.15) is 0 Å². The highest BCUT2D eigenvalue weighted by atomic mass is 32.1. The van der Waals surface area contributed by atoms with Crippen LogP contribution in [0.5, 0.6) is 0 Å². The number of hydrogen-bond acceptors (Lipinski definition) is 5. The highest BCUT2D eigenvalue weighted by molar-refractivity contribution is 7.22. The molecule has 6 heteroatoms. The van der Waals surface area contributed by atoms with Crippen molar-refractivity contribution in [1.82, 2.24) is 15.0 Å². The number of aryl methyl sites for hydroxylation is 2. The molecule has 0 bridgehead atoms. The first-order chi connectivity index (χ1) is 10.6. The highest BCUT2D eigenvalue weighted by Crippen LogP contribution is 2.34. The van der Waals surface area contributed by atoms with Crippen LogP contribution in [-0.2, 0) is 13.0 Å². The van der Waals surface area contributed by atoms with Crippen molar-refractivity contribution in [3.8, 4) is 0 Å². The fourth-order valence-electron chi connectivity index (χ4n) is 2.90. The van der Waals surface area contributed by atoms with Gasteiger partial charge in [0.2, 0.25) is 0 Å². The van der Waals surface area contributed by atoms with E-state index in [1.807, 2.05) is 0 Å². The van der Waals surface area contributed by atoms with Crippen molar-refractivity contribution < 1.29 is 0 Å². The van der Waals surface area contributed by atoms with E-state index < -0.39 is 0 Å². The van der Waals surface area contributed by atoms with Gasteiger partial charge in [-0.3, -0.25) is 4.79 Å². The van der Waals surface area contributed by atoms with E-state index in [1.54, 1.807) is 11.3 Å². The van der Waals surface area contributed by atoms with Gasteiger partial charge in [-0.05, 0) is 25.0 Å². The molecule has 22 heavy (non-hydrogen) atoms. The molecule has 0 atom stereocenters. The molecule has 0 unspecified atom stereocenters. The van der Waals surface area contributed by atoms with E-state index in [9.17, 15) is 4.79 Å². The van der Waals surface area contributed by atoms with E-state index in [0.717, 1.165) is 34.9 Å². The van der Waals surface area contributed by atoms with Crippen LogP contribution in [0.15, 0.2) is 23.3 Å². The van der Waals surface area contributed by atoms with Crippen molar-refractivity contribution in [2.24, 2.45) is 0 Å². The van der Waals surface area contributed by atoms with Crippen LogP contribution in [0.3, 0.4) is 0 Å². The molecule has 1 N–H and O–H groups in total. The van der Waals surface area contributed by atoms with E-state index in [0.29, 0.717) is 6.54 Å². The molecule has 5 nitrogen and oxygen atoms in total. The van der Waals surface area contributed by atoms with Gasteiger partial charge in [0, 0.05) is 13.0 Å². The molecule has 0 amide bonds. The number of nitrogens with one attached hydrogen (secondary N) is 1. The topological polar surface area (TPSA) is 61.9 Å². The molecule has 0 saturated carbocycles. The summed E-state index contributed by atoms with van der Waals surface area (Å²) in [4.78, 5) is 25.9. The van der Waals surface area contributed by atoms with Gasteiger partial charge < -0.3 is 9.88 Å². The summed E-state index contributed by atoms with van der Waals surface area (Å²) in [6.45, 7) is 5.63. The summed E-state index contributed by atoms with van der Waals surface area (Å²) in [5.74, 6) is 0. The van der Waals surface area contributed by atoms with Crippen LogP contribution < -0.4 is 10.5 Å². The third kappa shape index (κ3) is 2.02.